The van der Waals surface area contributed by atoms with Gasteiger partial charge in [0.25, 0.3) is 0 Å². The third-order valence-electron chi connectivity index (χ3n) is 3.93. The van der Waals surface area contributed by atoms with Crippen LogP contribution in [-0.4, -0.2) is 31.0 Å². The van der Waals surface area contributed by atoms with Gasteiger partial charge in [0.05, 0.1) is 16.9 Å². The molecule has 0 aromatic carbocycles. The maximum atomic E-state index is 5.99. The maximum absolute atomic E-state index is 5.99. The van der Waals surface area contributed by atoms with E-state index in [-0.39, 0.29) is 0 Å². The van der Waals surface area contributed by atoms with Gasteiger partial charge in [-0.05, 0) is 37.5 Å². The zero-order valence-corrected chi connectivity index (χ0v) is 14.1. The molecule has 0 radical (unpaired) electrons. The molecule has 126 valence electrons. The lowest BCUT2D eigenvalue weighted by Crippen LogP contribution is -2.28. The van der Waals surface area contributed by atoms with Crippen molar-refractivity contribution >= 4 is 29.2 Å². The number of aromatic nitrogens is 5. The molecule has 0 bridgehead atoms. The Morgan fingerprint density at radius 2 is 1.92 bits per heavy atom. The number of pyridine rings is 2. The maximum Gasteiger partial charge on any atom is 0.232 e. The molecule has 3 aromatic rings. The monoisotopic (exact) mass is 353 g/mol. The predicted octanol–water partition coefficient (Wildman–Crippen LogP) is 3.69. The molecule has 0 spiro atoms. The molecule has 0 atom stereocenters. The Balaban J connectivity index is 1.67. The topological polar surface area (TPSA) is 88.5 Å². The third-order valence-corrected chi connectivity index (χ3v) is 4.14. The van der Waals surface area contributed by atoms with Gasteiger partial charge in [-0.3, -0.25) is 9.97 Å². The van der Waals surface area contributed by atoms with Gasteiger partial charge in [0, 0.05) is 18.4 Å². The average molecular weight is 354 g/mol. The van der Waals surface area contributed by atoms with Gasteiger partial charge in [-0.15, -0.1) is 0 Å². The van der Waals surface area contributed by atoms with Crippen LogP contribution in [0.3, 0.4) is 0 Å². The Kier molecular flexibility index (Phi) is 4.39. The Morgan fingerprint density at radius 1 is 1.04 bits per heavy atom. The van der Waals surface area contributed by atoms with Crippen molar-refractivity contribution in [3.63, 3.8) is 0 Å². The number of hydrogen-bond donors (Lipinski definition) is 2. The summed E-state index contributed by atoms with van der Waals surface area (Å²) in [6.07, 6.45) is 8.44. The number of anilines is 3. The Morgan fingerprint density at radius 3 is 2.64 bits per heavy atom. The normalized spacial score (nSPS) is 14.0. The zero-order valence-electron chi connectivity index (χ0n) is 13.4. The molecule has 1 fully saturated rings. The van der Waals surface area contributed by atoms with Gasteiger partial charge in [0.1, 0.15) is 5.69 Å². The van der Waals surface area contributed by atoms with Crippen LogP contribution in [0.25, 0.3) is 11.5 Å². The molecule has 1 aliphatic rings. The van der Waals surface area contributed by atoms with E-state index >= 15 is 0 Å². The second-order valence-electron chi connectivity index (χ2n) is 5.81. The fourth-order valence-corrected chi connectivity index (χ4v) is 2.62. The fraction of sp³-hybridized carbons (Fsp3) is 0.235. The van der Waals surface area contributed by atoms with Crippen molar-refractivity contribution in [2.24, 2.45) is 0 Å². The second kappa shape index (κ2) is 6.98. The molecular formula is C17H16ClN7. The van der Waals surface area contributed by atoms with Crippen LogP contribution >= 0.6 is 11.6 Å². The minimum atomic E-state index is 0.416. The van der Waals surface area contributed by atoms with Gasteiger partial charge in [0.15, 0.2) is 5.82 Å². The number of nitrogens with one attached hydrogen (secondary N) is 2. The van der Waals surface area contributed by atoms with E-state index in [1.54, 1.807) is 24.7 Å². The van der Waals surface area contributed by atoms with Crippen molar-refractivity contribution in [1.82, 2.24) is 24.9 Å². The molecule has 7 nitrogen and oxygen atoms in total. The first-order chi connectivity index (χ1) is 12.3. The summed E-state index contributed by atoms with van der Waals surface area (Å²) in [5.74, 6) is 1.47. The summed E-state index contributed by atoms with van der Waals surface area (Å²) < 4.78 is 0. The van der Waals surface area contributed by atoms with Crippen LogP contribution < -0.4 is 10.6 Å². The first-order valence-electron chi connectivity index (χ1n) is 8.08. The zero-order chi connectivity index (χ0) is 17.1. The standard InChI is InChI=1S/C17H16ClN7/c18-11-8-13(10-19-9-11)22-17-24-15(14-6-1-2-7-20-14)23-16(25-17)21-12-4-3-5-12/h1-2,6-10,12H,3-5H2,(H2,21,22,23,24,25). The fourth-order valence-electron chi connectivity index (χ4n) is 2.45. The first-order valence-corrected chi connectivity index (χ1v) is 8.46. The van der Waals surface area contributed by atoms with Crippen molar-refractivity contribution in [3.05, 3.63) is 47.9 Å². The number of rotatable bonds is 5. The van der Waals surface area contributed by atoms with E-state index in [1.165, 1.54) is 6.42 Å². The highest BCUT2D eigenvalue weighted by molar-refractivity contribution is 6.30. The molecule has 1 saturated carbocycles. The molecule has 1 aliphatic carbocycles. The van der Waals surface area contributed by atoms with Crippen molar-refractivity contribution in [2.75, 3.05) is 10.6 Å². The molecule has 0 unspecified atom stereocenters. The lowest BCUT2D eigenvalue weighted by Gasteiger charge is -2.26. The summed E-state index contributed by atoms with van der Waals surface area (Å²) in [5.41, 5.74) is 1.40. The first kappa shape index (κ1) is 15.7. The third kappa shape index (κ3) is 3.83. The van der Waals surface area contributed by atoms with Crippen LogP contribution in [0, 0.1) is 0 Å². The van der Waals surface area contributed by atoms with Crippen LogP contribution in [0.15, 0.2) is 42.9 Å². The predicted molar refractivity (Wildman–Crippen MR) is 96.8 cm³/mol. The van der Waals surface area contributed by atoms with E-state index in [0.717, 1.165) is 12.8 Å². The Labute approximate surface area is 150 Å². The van der Waals surface area contributed by atoms with E-state index in [0.29, 0.717) is 40.2 Å². The van der Waals surface area contributed by atoms with Gasteiger partial charge in [0.2, 0.25) is 11.9 Å². The minimum absolute atomic E-state index is 0.416. The quantitative estimate of drug-likeness (QED) is 0.723. The Bertz CT molecular complexity index is 868. The molecule has 4 rings (SSSR count). The second-order valence-corrected chi connectivity index (χ2v) is 6.25. The summed E-state index contributed by atoms with van der Waals surface area (Å²) in [5, 5.41) is 7.02. The summed E-state index contributed by atoms with van der Waals surface area (Å²) in [7, 11) is 0. The lowest BCUT2D eigenvalue weighted by atomic mass is 9.93. The molecular weight excluding hydrogens is 338 g/mol. The van der Waals surface area contributed by atoms with Crippen LogP contribution in [0.1, 0.15) is 19.3 Å². The van der Waals surface area contributed by atoms with Gasteiger partial charge in [-0.1, -0.05) is 17.7 Å². The molecule has 25 heavy (non-hydrogen) atoms. The number of nitrogens with zero attached hydrogens (tertiary/aromatic N) is 5. The van der Waals surface area contributed by atoms with Crippen LogP contribution in [0.4, 0.5) is 17.6 Å². The van der Waals surface area contributed by atoms with Crippen LogP contribution in [0.5, 0.6) is 0 Å². The van der Waals surface area contributed by atoms with Crippen LogP contribution in [0.2, 0.25) is 5.02 Å². The number of hydrogen-bond acceptors (Lipinski definition) is 7. The molecule has 2 N–H and O–H groups in total. The summed E-state index contributed by atoms with van der Waals surface area (Å²) >= 11 is 5.99. The summed E-state index contributed by atoms with van der Waals surface area (Å²) in [6.45, 7) is 0. The highest BCUT2D eigenvalue weighted by Crippen LogP contribution is 2.24. The molecule has 0 saturated heterocycles. The van der Waals surface area contributed by atoms with E-state index in [1.807, 2.05) is 18.2 Å². The van der Waals surface area contributed by atoms with E-state index in [2.05, 4.69) is 35.6 Å². The van der Waals surface area contributed by atoms with Gasteiger partial charge in [-0.2, -0.15) is 15.0 Å². The molecule has 0 aliphatic heterocycles. The van der Waals surface area contributed by atoms with Crippen LogP contribution in [-0.2, 0) is 0 Å². The van der Waals surface area contributed by atoms with Gasteiger partial charge >= 0.3 is 0 Å². The lowest BCUT2D eigenvalue weighted by molar-refractivity contribution is 0.443. The highest BCUT2D eigenvalue weighted by Gasteiger charge is 2.19. The van der Waals surface area contributed by atoms with Crippen molar-refractivity contribution in [3.8, 4) is 11.5 Å². The van der Waals surface area contributed by atoms with E-state index < -0.39 is 0 Å². The number of halogens is 1. The highest BCUT2D eigenvalue weighted by atomic mass is 35.5. The van der Waals surface area contributed by atoms with Crippen molar-refractivity contribution in [2.45, 2.75) is 25.3 Å². The van der Waals surface area contributed by atoms with Crippen molar-refractivity contribution in [1.29, 1.82) is 0 Å². The summed E-state index contributed by atoms with van der Waals surface area (Å²) in [6, 6.07) is 7.80. The molecule has 8 heteroatoms. The molecule has 3 heterocycles. The Hall–Kier alpha value is -2.80. The largest absolute Gasteiger partial charge is 0.351 e. The van der Waals surface area contributed by atoms with Gasteiger partial charge in [-0.25, -0.2) is 0 Å². The SMILES string of the molecule is Clc1cncc(Nc2nc(NC3CCC3)nc(-c3ccccn3)n2)c1. The van der Waals surface area contributed by atoms with Gasteiger partial charge < -0.3 is 10.6 Å². The smallest absolute Gasteiger partial charge is 0.232 e. The molecule has 3 aromatic heterocycles. The molecule has 0 amide bonds. The van der Waals surface area contributed by atoms with Crippen molar-refractivity contribution < 1.29 is 0 Å². The average Bonchev–Trinajstić information content (AvgIpc) is 2.59. The summed E-state index contributed by atoms with van der Waals surface area (Å²) in [4.78, 5) is 21.8. The van der Waals surface area contributed by atoms with E-state index in [9.17, 15) is 0 Å². The van der Waals surface area contributed by atoms with E-state index in [4.69, 9.17) is 11.6 Å². The minimum Gasteiger partial charge on any atom is -0.351 e.